The molecule has 2 rings (SSSR count). The first-order chi connectivity index (χ1) is 8.61. The Morgan fingerprint density at radius 1 is 1.50 bits per heavy atom. The summed E-state index contributed by atoms with van der Waals surface area (Å²) in [4.78, 5) is 20.6. The van der Waals surface area contributed by atoms with Crippen LogP contribution in [0, 0.1) is 0 Å². The molecule has 0 aliphatic carbocycles. The smallest absolute Gasteiger partial charge is 0.272 e. The van der Waals surface area contributed by atoms with Gasteiger partial charge in [-0.2, -0.15) is 0 Å². The zero-order valence-corrected chi connectivity index (χ0v) is 11.0. The molecule has 5 heteroatoms. The zero-order valence-electron chi connectivity index (χ0n) is 11.0. The van der Waals surface area contributed by atoms with Crippen LogP contribution in [0.5, 0.6) is 0 Å². The van der Waals surface area contributed by atoms with E-state index in [1.54, 1.807) is 12.3 Å². The van der Waals surface area contributed by atoms with Gasteiger partial charge in [0.15, 0.2) is 0 Å². The number of likely N-dealkylation sites (N-methyl/N-ethyl adjacent to an activating group) is 1. The van der Waals surface area contributed by atoms with Crippen LogP contribution in [-0.4, -0.2) is 53.4 Å². The number of nitrogens with two attached hydrogens (primary N) is 1. The summed E-state index contributed by atoms with van der Waals surface area (Å²) >= 11 is 0. The lowest BCUT2D eigenvalue weighted by molar-refractivity contribution is 0.0567. The largest absolute Gasteiger partial charge is 0.334 e. The van der Waals surface area contributed by atoms with E-state index in [9.17, 15) is 4.79 Å². The molecule has 1 aliphatic rings. The maximum absolute atomic E-state index is 12.3. The van der Waals surface area contributed by atoms with Gasteiger partial charge in [-0.3, -0.25) is 9.78 Å². The molecule has 0 aromatic carbocycles. The minimum atomic E-state index is 0.0125. The van der Waals surface area contributed by atoms with Crippen LogP contribution in [0.1, 0.15) is 23.0 Å². The second-order valence-corrected chi connectivity index (χ2v) is 4.84. The molecular weight excluding hydrogens is 228 g/mol. The topological polar surface area (TPSA) is 62.5 Å². The fourth-order valence-corrected chi connectivity index (χ4v) is 2.07. The van der Waals surface area contributed by atoms with E-state index in [1.165, 1.54) is 0 Å². The minimum Gasteiger partial charge on any atom is -0.334 e. The summed E-state index contributed by atoms with van der Waals surface area (Å²) in [5.41, 5.74) is 6.96. The lowest BCUT2D eigenvalue weighted by Crippen LogP contribution is -2.52. The van der Waals surface area contributed by atoms with Crippen molar-refractivity contribution in [2.24, 2.45) is 5.73 Å². The van der Waals surface area contributed by atoms with Crippen molar-refractivity contribution in [3.8, 4) is 0 Å². The number of rotatable bonds is 2. The van der Waals surface area contributed by atoms with Crippen LogP contribution in [0.4, 0.5) is 0 Å². The van der Waals surface area contributed by atoms with E-state index in [2.05, 4.69) is 23.9 Å². The Kier molecular flexibility index (Phi) is 3.93. The van der Waals surface area contributed by atoms with Crippen LogP contribution in [-0.2, 0) is 6.54 Å². The van der Waals surface area contributed by atoms with Gasteiger partial charge in [0, 0.05) is 38.4 Å². The van der Waals surface area contributed by atoms with E-state index in [0.717, 1.165) is 25.2 Å². The Balaban J connectivity index is 2.06. The third kappa shape index (κ3) is 2.68. The molecule has 2 N–H and O–H groups in total. The van der Waals surface area contributed by atoms with E-state index >= 15 is 0 Å². The predicted molar refractivity (Wildman–Crippen MR) is 70.1 cm³/mol. The monoisotopic (exact) mass is 248 g/mol. The SMILES string of the molecule is CC1CN(C(=O)c2ccc(CN)cn2)CCN1C. The van der Waals surface area contributed by atoms with E-state index in [1.807, 2.05) is 11.0 Å². The van der Waals surface area contributed by atoms with Crippen LogP contribution >= 0.6 is 0 Å². The molecule has 1 fully saturated rings. The zero-order chi connectivity index (χ0) is 13.1. The number of carbonyl (C=O) groups excluding carboxylic acids is 1. The fraction of sp³-hybridized carbons (Fsp3) is 0.538. The summed E-state index contributed by atoms with van der Waals surface area (Å²) in [7, 11) is 2.08. The average molecular weight is 248 g/mol. The van der Waals surface area contributed by atoms with Crippen LogP contribution in [0.2, 0.25) is 0 Å². The van der Waals surface area contributed by atoms with E-state index in [4.69, 9.17) is 5.73 Å². The van der Waals surface area contributed by atoms with Gasteiger partial charge in [0.2, 0.25) is 0 Å². The molecule has 0 saturated carbocycles. The third-order valence-electron chi connectivity index (χ3n) is 3.53. The number of piperazine rings is 1. The minimum absolute atomic E-state index is 0.0125. The number of nitrogens with zero attached hydrogens (tertiary/aromatic N) is 3. The van der Waals surface area contributed by atoms with Gasteiger partial charge in [0.1, 0.15) is 5.69 Å². The number of hydrogen-bond donors (Lipinski definition) is 1. The molecule has 5 nitrogen and oxygen atoms in total. The second-order valence-electron chi connectivity index (χ2n) is 4.84. The third-order valence-corrected chi connectivity index (χ3v) is 3.53. The summed E-state index contributed by atoms with van der Waals surface area (Å²) in [5.74, 6) is 0.0125. The number of aromatic nitrogens is 1. The highest BCUT2D eigenvalue weighted by atomic mass is 16.2. The Bertz CT molecular complexity index is 418. The van der Waals surface area contributed by atoms with Crippen LogP contribution in [0.3, 0.4) is 0 Å². The van der Waals surface area contributed by atoms with Crippen molar-refractivity contribution in [1.82, 2.24) is 14.8 Å². The summed E-state index contributed by atoms with van der Waals surface area (Å²) < 4.78 is 0. The van der Waals surface area contributed by atoms with Crippen molar-refractivity contribution in [3.63, 3.8) is 0 Å². The highest BCUT2D eigenvalue weighted by molar-refractivity contribution is 5.92. The standard InChI is InChI=1S/C13H20N4O/c1-10-9-17(6-5-16(10)2)13(18)12-4-3-11(7-14)8-15-12/h3-4,8,10H,5-7,9,14H2,1-2H3. The maximum atomic E-state index is 12.3. The van der Waals surface area contributed by atoms with Gasteiger partial charge >= 0.3 is 0 Å². The van der Waals surface area contributed by atoms with E-state index in [0.29, 0.717) is 18.3 Å². The van der Waals surface area contributed by atoms with Gasteiger partial charge in [-0.15, -0.1) is 0 Å². The molecule has 1 aromatic rings. The molecule has 1 aliphatic heterocycles. The van der Waals surface area contributed by atoms with Crippen molar-refractivity contribution < 1.29 is 4.79 Å². The first-order valence-electron chi connectivity index (χ1n) is 6.26. The summed E-state index contributed by atoms with van der Waals surface area (Å²) in [6.45, 7) is 5.01. The Labute approximate surface area is 108 Å². The average Bonchev–Trinajstić information content (AvgIpc) is 2.41. The number of carbonyl (C=O) groups is 1. The van der Waals surface area contributed by atoms with Crippen molar-refractivity contribution in [3.05, 3.63) is 29.6 Å². The highest BCUT2D eigenvalue weighted by Crippen LogP contribution is 2.11. The molecule has 1 saturated heterocycles. The van der Waals surface area contributed by atoms with Crippen molar-refractivity contribution in [2.45, 2.75) is 19.5 Å². The van der Waals surface area contributed by atoms with Gasteiger partial charge in [-0.05, 0) is 25.6 Å². The van der Waals surface area contributed by atoms with Crippen LogP contribution < -0.4 is 5.73 Å². The maximum Gasteiger partial charge on any atom is 0.272 e. The van der Waals surface area contributed by atoms with Gasteiger partial charge < -0.3 is 15.5 Å². The van der Waals surface area contributed by atoms with Crippen molar-refractivity contribution in [2.75, 3.05) is 26.7 Å². The molecule has 1 unspecified atom stereocenters. The van der Waals surface area contributed by atoms with Crippen LogP contribution in [0.15, 0.2) is 18.3 Å². The summed E-state index contributed by atoms with van der Waals surface area (Å²) in [5, 5.41) is 0. The highest BCUT2D eigenvalue weighted by Gasteiger charge is 2.25. The number of hydrogen-bond acceptors (Lipinski definition) is 4. The van der Waals surface area contributed by atoms with E-state index in [-0.39, 0.29) is 5.91 Å². The van der Waals surface area contributed by atoms with Crippen LogP contribution in [0.25, 0.3) is 0 Å². The molecule has 0 radical (unpaired) electrons. The normalized spacial score (nSPS) is 21.1. The quantitative estimate of drug-likeness (QED) is 0.818. The molecule has 0 bridgehead atoms. The molecule has 18 heavy (non-hydrogen) atoms. The van der Waals surface area contributed by atoms with Crippen molar-refractivity contribution >= 4 is 5.91 Å². The summed E-state index contributed by atoms with van der Waals surface area (Å²) in [6.07, 6.45) is 1.67. The summed E-state index contributed by atoms with van der Waals surface area (Å²) in [6, 6.07) is 4.01. The molecular formula is C13H20N4O. The molecule has 0 spiro atoms. The van der Waals surface area contributed by atoms with Gasteiger partial charge in [0.25, 0.3) is 5.91 Å². The Morgan fingerprint density at radius 2 is 2.28 bits per heavy atom. The molecule has 1 aromatic heterocycles. The van der Waals surface area contributed by atoms with Gasteiger partial charge in [-0.25, -0.2) is 0 Å². The molecule has 2 heterocycles. The molecule has 1 atom stereocenters. The van der Waals surface area contributed by atoms with Gasteiger partial charge in [-0.1, -0.05) is 6.07 Å². The predicted octanol–water partition coefficient (Wildman–Crippen LogP) is 0.316. The van der Waals surface area contributed by atoms with Gasteiger partial charge in [0.05, 0.1) is 0 Å². The molecule has 1 amide bonds. The second kappa shape index (κ2) is 5.46. The lowest BCUT2D eigenvalue weighted by Gasteiger charge is -2.37. The first-order valence-corrected chi connectivity index (χ1v) is 6.26. The lowest BCUT2D eigenvalue weighted by atomic mass is 10.2. The number of pyridine rings is 1. The Hall–Kier alpha value is -1.46. The van der Waals surface area contributed by atoms with E-state index < -0.39 is 0 Å². The number of amides is 1. The van der Waals surface area contributed by atoms with Crippen molar-refractivity contribution in [1.29, 1.82) is 0 Å². The Morgan fingerprint density at radius 3 is 2.83 bits per heavy atom. The molecule has 98 valence electrons. The first kappa shape index (κ1) is 13.0. The fourth-order valence-electron chi connectivity index (χ4n) is 2.07.